The van der Waals surface area contributed by atoms with Crippen molar-refractivity contribution in [2.45, 2.75) is 199 Å². The molecule has 4 aliphatic heterocycles. The van der Waals surface area contributed by atoms with E-state index in [2.05, 4.69) is 0 Å². The van der Waals surface area contributed by atoms with E-state index in [4.69, 9.17) is 42.6 Å². The number of hydrogen-bond acceptors (Lipinski definition) is 23. The molecule has 0 aromatic heterocycles. The van der Waals surface area contributed by atoms with E-state index in [1.54, 1.807) is 6.08 Å². The van der Waals surface area contributed by atoms with Gasteiger partial charge in [-0.05, 0) is 69.6 Å². The SMILES string of the molecule is COC1CC(C=CC(=O)OC[C@H]2O[C@@H](OC[C@H]3O[C@@H](OC4CC5C(O)CC(O)CC5OC4C4CCC(O)C(O)C4)[C@H](O[C@@H]4OC[C@@H](O)[C@H](O)[C@H]4O)[C@@H](O)[C@H]3O)[C@H](O)[C@@H](O)[C@@H]2O)CCC1O. The van der Waals surface area contributed by atoms with Gasteiger partial charge in [0.1, 0.15) is 73.8 Å². The van der Waals surface area contributed by atoms with Crippen molar-refractivity contribution in [1.29, 1.82) is 0 Å². The quantitative estimate of drug-likeness (QED) is 0.0605. The molecule has 0 spiro atoms. The first kappa shape index (κ1) is 51.2. The number of rotatable bonds is 13. The van der Waals surface area contributed by atoms with E-state index in [9.17, 15) is 71.2 Å². The molecule has 7 aliphatic rings. The summed E-state index contributed by atoms with van der Waals surface area (Å²) in [6, 6.07) is 0. The number of carbonyl (C=O) groups is 1. The van der Waals surface area contributed by atoms with Crippen LogP contribution in [0.2, 0.25) is 0 Å². The van der Waals surface area contributed by atoms with Gasteiger partial charge in [0, 0.05) is 19.1 Å². The molecule has 3 aliphatic carbocycles. The highest BCUT2D eigenvalue weighted by atomic mass is 16.8. The lowest BCUT2D eigenvalue weighted by Gasteiger charge is -2.51. The molecule has 0 amide bonds. The van der Waals surface area contributed by atoms with Crippen LogP contribution in [0.15, 0.2) is 12.2 Å². The van der Waals surface area contributed by atoms with Crippen LogP contribution in [0.4, 0.5) is 0 Å². The monoisotopic (exact) mass is 940 g/mol. The van der Waals surface area contributed by atoms with Gasteiger partial charge in [-0.15, -0.1) is 0 Å². The lowest BCUT2D eigenvalue weighted by Crippen LogP contribution is -2.65. The Bertz CT molecular complexity index is 1540. The van der Waals surface area contributed by atoms with E-state index in [1.807, 2.05) is 0 Å². The Kier molecular flexibility index (Phi) is 17.7. The van der Waals surface area contributed by atoms with Gasteiger partial charge in [-0.1, -0.05) is 6.08 Å². The van der Waals surface area contributed by atoms with E-state index in [1.165, 1.54) is 13.2 Å². The van der Waals surface area contributed by atoms with Gasteiger partial charge in [0.05, 0.1) is 68.1 Å². The van der Waals surface area contributed by atoms with Crippen molar-refractivity contribution in [3.05, 3.63) is 12.2 Å². The molecule has 13 N–H and O–H groups in total. The van der Waals surface area contributed by atoms with E-state index in [-0.39, 0.29) is 44.1 Å². The summed E-state index contributed by atoms with van der Waals surface area (Å²) >= 11 is 0. The number of aliphatic hydroxyl groups is 13. The second kappa shape index (κ2) is 22.4. The maximum atomic E-state index is 12.6. The summed E-state index contributed by atoms with van der Waals surface area (Å²) in [5.41, 5.74) is 0. The number of fused-ring (bicyclic) bond motifs is 1. The van der Waals surface area contributed by atoms with Gasteiger partial charge in [-0.2, -0.15) is 0 Å². The minimum atomic E-state index is -1.91. The molecule has 4 heterocycles. The lowest BCUT2D eigenvalue weighted by molar-refractivity contribution is -0.376. The molecule has 0 bridgehead atoms. The zero-order valence-corrected chi connectivity index (χ0v) is 36.0. The van der Waals surface area contributed by atoms with Crippen LogP contribution in [0, 0.1) is 17.8 Å². The molecule has 23 heteroatoms. The van der Waals surface area contributed by atoms with Crippen molar-refractivity contribution in [1.82, 2.24) is 0 Å². The predicted octanol–water partition coefficient (Wildman–Crippen LogP) is -5.45. The summed E-state index contributed by atoms with van der Waals surface area (Å²) < 4.78 is 52.8. The molecular formula is C42H68O23. The van der Waals surface area contributed by atoms with Gasteiger partial charge in [0.2, 0.25) is 0 Å². The fraction of sp³-hybridized carbons (Fsp3) is 0.929. The average Bonchev–Trinajstić information content (AvgIpc) is 3.28. The summed E-state index contributed by atoms with van der Waals surface area (Å²) in [5, 5.41) is 139. The summed E-state index contributed by atoms with van der Waals surface area (Å²) in [6.07, 6.45) is -25.6. The molecule has 7 rings (SSSR count). The number of aliphatic hydroxyl groups excluding tert-OH is 13. The Morgan fingerprint density at radius 3 is 2.02 bits per heavy atom. The molecule has 23 nitrogen and oxygen atoms in total. The van der Waals surface area contributed by atoms with Crippen LogP contribution >= 0.6 is 0 Å². The van der Waals surface area contributed by atoms with Crippen LogP contribution in [0.5, 0.6) is 0 Å². The van der Waals surface area contributed by atoms with Crippen molar-refractivity contribution in [3.8, 4) is 0 Å². The van der Waals surface area contributed by atoms with E-state index in [0.29, 0.717) is 25.7 Å². The molecule has 0 aromatic rings. The largest absolute Gasteiger partial charge is 0.460 e. The molecular weight excluding hydrogens is 872 g/mol. The van der Waals surface area contributed by atoms with Crippen LogP contribution in [-0.4, -0.2) is 240 Å². The lowest BCUT2D eigenvalue weighted by atomic mass is 9.72. The fourth-order valence-electron chi connectivity index (χ4n) is 10.3. The van der Waals surface area contributed by atoms with E-state index in [0.717, 1.165) is 0 Å². The topological polar surface area (TPSA) is 363 Å². The highest BCUT2D eigenvalue weighted by Crippen LogP contribution is 2.44. The van der Waals surface area contributed by atoms with Crippen LogP contribution in [0.25, 0.3) is 0 Å². The maximum absolute atomic E-state index is 12.6. The molecule has 7 fully saturated rings. The first-order valence-electron chi connectivity index (χ1n) is 22.7. The van der Waals surface area contributed by atoms with Gasteiger partial charge in [-0.25, -0.2) is 4.79 Å². The summed E-state index contributed by atoms with van der Waals surface area (Å²) in [6.45, 7) is -1.72. The average molecular weight is 941 g/mol. The minimum absolute atomic E-state index is 0.0653. The first-order chi connectivity index (χ1) is 30.9. The fourth-order valence-corrected chi connectivity index (χ4v) is 10.3. The molecule has 0 aromatic carbocycles. The third-order valence-electron chi connectivity index (χ3n) is 14.3. The summed E-state index contributed by atoms with van der Waals surface area (Å²) in [5.74, 6) is -1.80. The number of allylic oxidation sites excluding steroid dienone is 1. The minimum Gasteiger partial charge on any atom is -0.460 e. The third kappa shape index (κ3) is 11.9. The molecule has 65 heavy (non-hydrogen) atoms. The van der Waals surface area contributed by atoms with Crippen molar-refractivity contribution in [3.63, 3.8) is 0 Å². The number of carbonyl (C=O) groups excluding carboxylic acids is 1. The third-order valence-corrected chi connectivity index (χ3v) is 14.3. The second-order valence-electron chi connectivity index (χ2n) is 18.7. The van der Waals surface area contributed by atoms with E-state index >= 15 is 0 Å². The van der Waals surface area contributed by atoms with Gasteiger partial charge in [0.25, 0.3) is 0 Å². The van der Waals surface area contributed by atoms with Crippen molar-refractivity contribution in [2.75, 3.05) is 26.9 Å². The second-order valence-corrected chi connectivity index (χ2v) is 18.7. The van der Waals surface area contributed by atoms with Crippen LogP contribution in [0.1, 0.15) is 57.8 Å². The molecule has 3 saturated carbocycles. The number of methoxy groups -OCH3 is 1. The van der Waals surface area contributed by atoms with Crippen molar-refractivity contribution >= 4 is 5.97 Å². The Morgan fingerprint density at radius 1 is 0.585 bits per heavy atom. The zero-order valence-electron chi connectivity index (χ0n) is 36.0. The van der Waals surface area contributed by atoms with Crippen molar-refractivity contribution < 1.29 is 114 Å². The summed E-state index contributed by atoms with van der Waals surface area (Å²) in [7, 11) is 1.49. The number of esters is 1. The Morgan fingerprint density at radius 2 is 1.28 bits per heavy atom. The number of ether oxygens (including phenoxy) is 9. The number of hydrogen-bond donors (Lipinski definition) is 13. The first-order valence-corrected chi connectivity index (χ1v) is 22.7. The Hall–Kier alpha value is -1.63. The molecule has 12 unspecified atom stereocenters. The highest BCUT2D eigenvalue weighted by molar-refractivity contribution is 5.81. The Balaban J connectivity index is 1.05. The standard InChI is InChI=1S/C42H68O23/c1-57-26-8-16(2-5-21(26)45)3-7-30(49)58-14-28-32(51)34(53)37(56)40(63-28)60-15-29-33(52)35(54)39(65-41-36(55)31(50)24(48)13-59-41)42(64-29)62-27-12-19-22(46)10-18(43)11-25(19)61-38(27)17-4-6-20(44)23(47)9-17/h3,7,16-29,31-48,50-56H,2,4-6,8-15H2,1H3/t16?,17?,18?,19?,20?,21?,22?,23?,24-,25?,26?,27?,28-,29-,31+,32-,33+,34+,35+,36-,37-,38?,39-,40-,41+,42-/m1/s1. The van der Waals surface area contributed by atoms with Crippen molar-refractivity contribution in [2.24, 2.45) is 17.8 Å². The van der Waals surface area contributed by atoms with Crippen LogP contribution in [0.3, 0.4) is 0 Å². The van der Waals surface area contributed by atoms with Gasteiger partial charge >= 0.3 is 5.97 Å². The molecule has 374 valence electrons. The molecule has 4 saturated heterocycles. The highest BCUT2D eigenvalue weighted by Gasteiger charge is 2.55. The molecule has 0 radical (unpaired) electrons. The molecule has 26 atom stereocenters. The Labute approximate surface area is 374 Å². The maximum Gasteiger partial charge on any atom is 0.330 e. The van der Waals surface area contributed by atoms with E-state index < -0.39 is 172 Å². The van der Waals surface area contributed by atoms with Gasteiger partial charge in [-0.3, -0.25) is 0 Å². The predicted molar refractivity (Wildman–Crippen MR) is 212 cm³/mol. The van der Waals surface area contributed by atoms with Crippen LogP contribution < -0.4 is 0 Å². The smallest absolute Gasteiger partial charge is 0.330 e. The van der Waals surface area contributed by atoms with Gasteiger partial charge < -0.3 is 109 Å². The summed E-state index contributed by atoms with van der Waals surface area (Å²) in [4.78, 5) is 12.6. The van der Waals surface area contributed by atoms with Gasteiger partial charge in [0.15, 0.2) is 18.9 Å². The van der Waals surface area contributed by atoms with Crippen LogP contribution in [-0.2, 0) is 47.4 Å². The zero-order chi connectivity index (χ0) is 46.9. The normalized spacial score (nSPS) is 51.0.